The van der Waals surface area contributed by atoms with Gasteiger partial charge in [-0.3, -0.25) is 14.5 Å². The van der Waals surface area contributed by atoms with Crippen LogP contribution in [0, 0.1) is 5.41 Å². The number of ketones is 1. The average molecular weight is 309 g/mol. The summed E-state index contributed by atoms with van der Waals surface area (Å²) in [6.45, 7) is 8.54. The first kappa shape index (κ1) is 16.1. The van der Waals surface area contributed by atoms with Crippen LogP contribution in [0.1, 0.15) is 49.5 Å². The standard InChI is InChI=1S/C15H23N3O2S/c1-9(2)18(5)8-12(20)17-14-16-10-6-15(3,4)7-11(19)13(10)21-14/h9H,6-8H2,1-5H3,(H,16,17,20). The lowest BCUT2D eigenvalue weighted by atomic mass is 9.78. The zero-order valence-corrected chi connectivity index (χ0v) is 14.1. The van der Waals surface area contributed by atoms with Gasteiger partial charge in [-0.15, -0.1) is 0 Å². The van der Waals surface area contributed by atoms with Gasteiger partial charge in [-0.05, 0) is 32.7 Å². The number of anilines is 1. The third-order valence-electron chi connectivity index (χ3n) is 3.76. The molecule has 0 fully saturated rings. The Morgan fingerprint density at radius 2 is 2.10 bits per heavy atom. The van der Waals surface area contributed by atoms with Crippen LogP contribution < -0.4 is 5.32 Å². The van der Waals surface area contributed by atoms with Crippen molar-refractivity contribution in [2.45, 2.75) is 46.6 Å². The first-order chi connectivity index (χ1) is 9.68. The largest absolute Gasteiger partial charge is 0.301 e. The van der Waals surface area contributed by atoms with E-state index in [-0.39, 0.29) is 17.1 Å². The number of fused-ring (bicyclic) bond motifs is 1. The molecular formula is C15H23N3O2S. The first-order valence-corrected chi connectivity index (χ1v) is 8.02. The van der Waals surface area contributed by atoms with Crippen molar-refractivity contribution in [3.63, 3.8) is 0 Å². The molecule has 0 unspecified atom stereocenters. The maximum absolute atomic E-state index is 12.1. The van der Waals surface area contributed by atoms with Crippen LogP contribution in [0.3, 0.4) is 0 Å². The van der Waals surface area contributed by atoms with Gasteiger partial charge in [0.2, 0.25) is 5.91 Å². The van der Waals surface area contributed by atoms with E-state index in [9.17, 15) is 9.59 Å². The molecule has 0 bridgehead atoms. The number of nitrogens with one attached hydrogen (secondary N) is 1. The van der Waals surface area contributed by atoms with Gasteiger partial charge in [-0.25, -0.2) is 4.98 Å². The highest BCUT2D eigenvalue weighted by atomic mass is 32.1. The summed E-state index contributed by atoms with van der Waals surface area (Å²) in [6, 6.07) is 0.308. The van der Waals surface area contributed by atoms with E-state index in [1.165, 1.54) is 11.3 Å². The molecule has 1 aromatic heterocycles. The fourth-order valence-electron chi connectivity index (χ4n) is 2.34. The van der Waals surface area contributed by atoms with Gasteiger partial charge in [-0.2, -0.15) is 0 Å². The van der Waals surface area contributed by atoms with Gasteiger partial charge in [0.15, 0.2) is 10.9 Å². The lowest BCUT2D eigenvalue weighted by Crippen LogP contribution is -2.34. The molecule has 1 aliphatic carbocycles. The van der Waals surface area contributed by atoms with E-state index in [1.807, 2.05) is 25.8 Å². The van der Waals surface area contributed by atoms with Gasteiger partial charge in [0, 0.05) is 12.5 Å². The molecule has 1 amide bonds. The minimum atomic E-state index is -0.0935. The van der Waals surface area contributed by atoms with Crippen LogP contribution in [0.5, 0.6) is 0 Å². The van der Waals surface area contributed by atoms with Gasteiger partial charge in [-0.1, -0.05) is 25.2 Å². The molecule has 0 atom stereocenters. The summed E-state index contributed by atoms with van der Waals surface area (Å²) in [5, 5.41) is 3.34. The zero-order chi connectivity index (χ0) is 15.8. The Kier molecular flexibility index (Phi) is 4.49. The van der Waals surface area contributed by atoms with Crippen molar-refractivity contribution in [1.82, 2.24) is 9.88 Å². The van der Waals surface area contributed by atoms with Crippen molar-refractivity contribution < 1.29 is 9.59 Å². The highest BCUT2D eigenvalue weighted by molar-refractivity contribution is 7.17. The number of likely N-dealkylation sites (N-methyl/N-ethyl adjacent to an activating group) is 1. The lowest BCUT2D eigenvalue weighted by Gasteiger charge is -2.26. The van der Waals surface area contributed by atoms with E-state index in [0.29, 0.717) is 29.0 Å². The van der Waals surface area contributed by atoms with E-state index in [4.69, 9.17) is 0 Å². The third-order valence-corrected chi connectivity index (χ3v) is 4.81. The van der Waals surface area contributed by atoms with E-state index in [1.54, 1.807) is 0 Å². The van der Waals surface area contributed by atoms with Crippen LogP contribution in [0.25, 0.3) is 0 Å². The number of rotatable bonds is 4. The third kappa shape index (κ3) is 3.89. The minimum absolute atomic E-state index is 0.0443. The van der Waals surface area contributed by atoms with Crippen molar-refractivity contribution >= 4 is 28.2 Å². The van der Waals surface area contributed by atoms with Gasteiger partial charge in [0.1, 0.15) is 0 Å². The molecule has 5 nitrogen and oxygen atoms in total. The van der Waals surface area contributed by atoms with E-state index >= 15 is 0 Å². The zero-order valence-electron chi connectivity index (χ0n) is 13.3. The summed E-state index contributed by atoms with van der Waals surface area (Å²) in [4.78, 5) is 31.2. The number of hydrogen-bond acceptors (Lipinski definition) is 5. The Morgan fingerprint density at radius 3 is 2.71 bits per heavy atom. The Morgan fingerprint density at radius 1 is 1.43 bits per heavy atom. The Balaban J connectivity index is 2.07. The molecule has 0 saturated heterocycles. The first-order valence-electron chi connectivity index (χ1n) is 7.21. The highest BCUT2D eigenvalue weighted by Gasteiger charge is 2.34. The maximum atomic E-state index is 12.1. The average Bonchev–Trinajstić information content (AvgIpc) is 2.69. The lowest BCUT2D eigenvalue weighted by molar-refractivity contribution is -0.117. The highest BCUT2D eigenvalue weighted by Crippen LogP contribution is 2.38. The molecule has 1 heterocycles. The molecular weight excluding hydrogens is 286 g/mol. The SMILES string of the molecule is CC(C)N(C)CC(=O)Nc1nc2c(s1)C(=O)CC(C)(C)C2. The van der Waals surface area contributed by atoms with Gasteiger partial charge < -0.3 is 5.32 Å². The Hall–Kier alpha value is -1.27. The summed E-state index contributed by atoms with van der Waals surface area (Å²) in [5.74, 6) is 0.0440. The fourth-order valence-corrected chi connectivity index (χ4v) is 3.28. The molecule has 0 aliphatic heterocycles. The second kappa shape index (κ2) is 5.85. The quantitative estimate of drug-likeness (QED) is 0.928. The molecule has 116 valence electrons. The number of carbonyl (C=O) groups is 2. The molecule has 21 heavy (non-hydrogen) atoms. The van der Waals surface area contributed by atoms with Crippen molar-refractivity contribution in [2.24, 2.45) is 5.41 Å². The predicted octanol–water partition coefficient (Wildman–Crippen LogP) is 2.58. The molecule has 2 rings (SSSR count). The summed E-state index contributed by atoms with van der Waals surface area (Å²) >= 11 is 1.30. The smallest absolute Gasteiger partial charge is 0.240 e. The van der Waals surface area contributed by atoms with Crippen LogP contribution in [-0.2, 0) is 11.2 Å². The topological polar surface area (TPSA) is 62.3 Å². The van der Waals surface area contributed by atoms with Crippen molar-refractivity contribution in [1.29, 1.82) is 0 Å². The predicted molar refractivity (Wildman–Crippen MR) is 84.9 cm³/mol. The van der Waals surface area contributed by atoms with Crippen molar-refractivity contribution in [2.75, 3.05) is 18.9 Å². The Bertz CT molecular complexity index is 563. The summed E-state index contributed by atoms with van der Waals surface area (Å²) in [5.41, 5.74) is 0.783. The number of hydrogen-bond donors (Lipinski definition) is 1. The van der Waals surface area contributed by atoms with Crippen molar-refractivity contribution in [3.05, 3.63) is 10.6 Å². The van der Waals surface area contributed by atoms with Gasteiger partial charge in [0.25, 0.3) is 0 Å². The van der Waals surface area contributed by atoms with Gasteiger partial charge in [0.05, 0.1) is 17.1 Å². The molecule has 0 radical (unpaired) electrons. The van der Waals surface area contributed by atoms with Crippen LogP contribution >= 0.6 is 11.3 Å². The number of amides is 1. The van der Waals surface area contributed by atoms with E-state index < -0.39 is 0 Å². The molecule has 6 heteroatoms. The summed E-state index contributed by atoms with van der Waals surface area (Å²) in [7, 11) is 1.91. The summed E-state index contributed by atoms with van der Waals surface area (Å²) in [6.07, 6.45) is 1.33. The monoisotopic (exact) mass is 309 g/mol. The van der Waals surface area contributed by atoms with E-state index in [0.717, 1.165) is 12.1 Å². The molecule has 0 aromatic carbocycles. The van der Waals surface area contributed by atoms with Crippen LogP contribution in [0.2, 0.25) is 0 Å². The number of aromatic nitrogens is 1. The molecule has 1 N–H and O–H groups in total. The van der Waals surface area contributed by atoms with Crippen LogP contribution in [0.4, 0.5) is 5.13 Å². The minimum Gasteiger partial charge on any atom is -0.301 e. The molecule has 1 aliphatic rings. The van der Waals surface area contributed by atoms with Crippen LogP contribution in [0.15, 0.2) is 0 Å². The number of nitrogens with zero attached hydrogens (tertiary/aromatic N) is 2. The molecule has 0 saturated carbocycles. The normalized spacial score (nSPS) is 17.2. The van der Waals surface area contributed by atoms with Crippen LogP contribution in [-0.4, -0.2) is 41.2 Å². The number of carbonyl (C=O) groups excluding carboxylic acids is 2. The van der Waals surface area contributed by atoms with Gasteiger partial charge >= 0.3 is 0 Å². The second-order valence-corrected chi connectivity index (χ2v) is 7.79. The maximum Gasteiger partial charge on any atom is 0.240 e. The number of Topliss-reactive ketones (excluding diaryl/α,β-unsaturated/α-hetero) is 1. The van der Waals surface area contributed by atoms with E-state index in [2.05, 4.69) is 24.1 Å². The second-order valence-electron chi connectivity index (χ2n) is 6.79. The van der Waals surface area contributed by atoms with Crippen molar-refractivity contribution in [3.8, 4) is 0 Å². The number of thiazole rings is 1. The summed E-state index contributed by atoms with van der Waals surface area (Å²) < 4.78 is 0. The Labute approximate surface area is 129 Å². The molecule has 1 aromatic rings. The molecule has 0 spiro atoms. The fraction of sp³-hybridized carbons (Fsp3) is 0.667.